The van der Waals surface area contributed by atoms with E-state index in [2.05, 4.69) is 19.1 Å². The molecule has 0 amide bonds. The van der Waals surface area contributed by atoms with Crippen molar-refractivity contribution < 1.29 is 13.3 Å². The molecule has 2 atom stereocenters. The van der Waals surface area contributed by atoms with E-state index in [9.17, 15) is 0 Å². The topological polar surface area (TPSA) is 27.7 Å². The second-order valence-electron chi connectivity index (χ2n) is 4.91. The third kappa shape index (κ3) is 4.79. The highest BCUT2D eigenvalue weighted by Gasteiger charge is 2.47. The van der Waals surface area contributed by atoms with Gasteiger partial charge in [-0.3, -0.25) is 0 Å². The standard InChI is InChI=1S/C16H27ClO3Si/c1-6-18-21(19-7-2,20-8-3)14(5)16-11-9-10-15(12-16)13(4)17/h9-14H,6-8H2,1-5H3. The summed E-state index contributed by atoms with van der Waals surface area (Å²) in [5.41, 5.74) is 2.34. The molecule has 0 heterocycles. The minimum absolute atomic E-state index is 0.0144. The van der Waals surface area contributed by atoms with Gasteiger partial charge >= 0.3 is 8.80 Å². The van der Waals surface area contributed by atoms with E-state index in [4.69, 9.17) is 24.9 Å². The molecule has 0 aliphatic carbocycles. The maximum absolute atomic E-state index is 6.20. The van der Waals surface area contributed by atoms with Crippen molar-refractivity contribution >= 4 is 20.4 Å². The summed E-state index contributed by atoms with van der Waals surface area (Å²) >= 11 is 6.20. The zero-order valence-corrected chi connectivity index (χ0v) is 15.4. The van der Waals surface area contributed by atoms with Crippen LogP contribution in [-0.2, 0) is 13.3 Å². The first-order chi connectivity index (χ1) is 10.0. The van der Waals surface area contributed by atoms with E-state index in [0.29, 0.717) is 19.8 Å². The van der Waals surface area contributed by atoms with Gasteiger partial charge in [0.15, 0.2) is 0 Å². The second-order valence-corrected chi connectivity index (χ2v) is 8.50. The average molecular weight is 331 g/mol. The van der Waals surface area contributed by atoms with Crippen LogP contribution in [0, 0.1) is 0 Å². The Morgan fingerprint density at radius 3 is 1.86 bits per heavy atom. The van der Waals surface area contributed by atoms with Crippen molar-refractivity contribution in [3.05, 3.63) is 35.4 Å². The van der Waals surface area contributed by atoms with Crippen molar-refractivity contribution in [3.8, 4) is 0 Å². The lowest BCUT2D eigenvalue weighted by Gasteiger charge is -2.33. The van der Waals surface area contributed by atoms with E-state index < -0.39 is 8.80 Å². The highest BCUT2D eigenvalue weighted by atomic mass is 35.5. The Kier molecular flexibility index (Phi) is 7.91. The number of halogens is 1. The monoisotopic (exact) mass is 330 g/mol. The minimum atomic E-state index is -2.74. The summed E-state index contributed by atoms with van der Waals surface area (Å²) in [6, 6.07) is 8.29. The Morgan fingerprint density at radius 2 is 1.43 bits per heavy atom. The molecule has 120 valence electrons. The van der Waals surface area contributed by atoms with Crippen molar-refractivity contribution in [2.24, 2.45) is 0 Å². The molecule has 0 aliphatic heterocycles. The Bertz CT molecular complexity index is 409. The summed E-state index contributed by atoms with van der Waals surface area (Å²) in [6.45, 7) is 11.8. The predicted molar refractivity (Wildman–Crippen MR) is 89.8 cm³/mol. The quantitative estimate of drug-likeness (QED) is 0.486. The molecule has 0 N–H and O–H groups in total. The summed E-state index contributed by atoms with van der Waals surface area (Å²) in [6.07, 6.45) is 0. The molecular formula is C16H27ClO3Si. The van der Waals surface area contributed by atoms with Crippen molar-refractivity contribution in [3.63, 3.8) is 0 Å². The Hall–Kier alpha value is -0.393. The van der Waals surface area contributed by atoms with Crippen LogP contribution in [0.25, 0.3) is 0 Å². The van der Waals surface area contributed by atoms with E-state index in [-0.39, 0.29) is 10.9 Å². The fourth-order valence-electron chi connectivity index (χ4n) is 2.38. The lowest BCUT2D eigenvalue weighted by atomic mass is 10.1. The SMILES string of the molecule is CCO[Si](OCC)(OCC)C(C)c1cccc(C(C)Cl)c1. The number of alkyl halides is 1. The van der Waals surface area contributed by atoms with Gasteiger partial charge in [-0.15, -0.1) is 11.6 Å². The molecule has 0 aromatic heterocycles. The first-order valence-electron chi connectivity index (χ1n) is 7.66. The smallest absolute Gasteiger partial charge is 0.373 e. The molecule has 3 nitrogen and oxygen atoms in total. The molecule has 0 aliphatic rings. The molecule has 1 rings (SSSR count). The third-order valence-corrected chi connectivity index (χ3v) is 7.16. The fourth-order valence-corrected chi connectivity index (χ4v) is 5.31. The van der Waals surface area contributed by atoms with Gasteiger partial charge in [0.2, 0.25) is 0 Å². The maximum atomic E-state index is 6.20. The van der Waals surface area contributed by atoms with Gasteiger partial charge in [-0.2, -0.15) is 0 Å². The second kappa shape index (κ2) is 8.91. The number of hydrogen-bond donors (Lipinski definition) is 0. The fraction of sp³-hybridized carbons (Fsp3) is 0.625. The van der Waals surface area contributed by atoms with Crippen LogP contribution < -0.4 is 0 Å². The minimum Gasteiger partial charge on any atom is -0.373 e. The first kappa shape index (κ1) is 18.7. The first-order valence-corrected chi connectivity index (χ1v) is 9.90. The molecule has 2 unspecified atom stereocenters. The summed E-state index contributed by atoms with van der Waals surface area (Å²) in [7, 11) is -2.74. The van der Waals surface area contributed by atoms with Crippen LogP contribution in [-0.4, -0.2) is 28.6 Å². The van der Waals surface area contributed by atoms with Gasteiger partial charge in [0.25, 0.3) is 0 Å². The molecule has 1 aromatic rings. The molecule has 21 heavy (non-hydrogen) atoms. The van der Waals surface area contributed by atoms with E-state index in [0.717, 1.165) is 11.1 Å². The van der Waals surface area contributed by atoms with Gasteiger partial charge < -0.3 is 13.3 Å². The molecule has 0 spiro atoms. The van der Waals surface area contributed by atoms with Crippen LogP contribution in [0.5, 0.6) is 0 Å². The van der Waals surface area contributed by atoms with Crippen LogP contribution in [0.3, 0.4) is 0 Å². The summed E-state index contributed by atoms with van der Waals surface area (Å²) in [5.74, 6) is 0. The zero-order chi connectivity index (χ0) is 15.9. The lowest BCUT2D eigenvalue weighted by molar-refractivity contribution is 0.0633. The van der Waals surface area contributed by atoms with E-state index >= 15 is 0 Å². The van der Waals surface area contributed by atoms with Crippen molar-refractivity contribution in [1.82, 2.24) is 0 Å². The molecule has 0 bridgehead atoms. The molecule has 0 fully saturated rings. The number of rotatable bonds is 9. The summed E-state index contributed by atoms with van der Waals surface area (Å²) in [4.78, 5) is 0. The average Bonchev–Trinajstić information content (AvgIpc) is 2.47. The van der Waals surface area contributed by atoms with Gasteiger partial charge in [0.05, 0.1) is 10.9 Å². The molecule has 5 heteroatoms. The van der Waals surface area contributed by atoms with Crippen LogP contribution >= 0.6 is 11.6 Å². The Labute approximate surface area is 134 Å². The van der Waals surface area contributed by atoms with Gasteiger partial charge in [-0.05, 0) is 38.8 Å². The third-order valence-electron chi connectivity index (χ3n) is 3.44. The van der Waals surface area contributed by atoms with Crippen molar-refractivity contribution in [1.29, 1.82) is 0 Å². The predicted octanol–water partition coefficient (Wildman–Crippen LogP) is 4.68. The highest BCUT2D eigenvalue weighted by Crippen LogP contribution is 2.32. The zero-order valence-electron chi connectivity index (χ0n) is 13.7. The van der Waals surface area contributed by atoms with Crippen LogP contribution in [0.2, 0.25) is 0 Å². The molecule has 0 radical (unpaired) electrons. The maximum Gasteiger partial charge on any atom is 0.508 e. The van der Waals surface area contributed by atoms with Crippen LogP contribution in [0.4, 0.5) is 0 Å². The van der Waals surface area contributed by atoms with Gasteiger partial charge in [0.1, 0.15) is 0 Å². The van der Waals surface area contributed by atoms with E-state index in [1.165, 1.54) is 0 Å². The molecule has 0 saturated carbocycles. The summed E-state index contributed by atoms with van der Waals surface area (Å²) < 4.78 is 18.0. The Morgan fingerprint density at radius 1 is 0.952 bits per heavy atom. The number of benzene rings is 1. The van der Waals surface area contributed by atoms with Gasteiger partial charge in [-0.1, -0.05) is 31.2 Å². The highest BCUT2D eigenvalue weighted by molar-refractivity contribution is 6.62. The Balaban J connectivity index is 3.13. The molecule has 0 saturated heterocycles. The van der Waals surface area contributed by atoms with E-state index in [1.54, 1.807) is 0 Å². The lowest BCUT2D eigenvalue weighted by Crippen LogP contribution is -2.51. The van der Waals surface area contributed by atoms with Crippen molar-refractivity contribution in [2.75, 3.05) is 19.8 Å². The van der Waals surface area contributed by atoms with Crippen molar-refractivity contribution in [2.45, 2.75) is 45.5 Å². The van der Waals surface area contributed by atoms with Crippen LogP contribution in [0.15, 0.2) is 24.3 Å². The van der Waals surface area contributed by atoms with Crippen LogP contribution in [0.1, 0.15) is 56.7 Å². The molecular weight excluding hydrogens is 304 g/mol. The normalized spacial score (nSPS) is 15.0. The molecule has 1 aromatic carbocycles. The number of hydrogen-bond acceptors (Lipinski definition) is 3. The van der Waals surface area contributed by atoms with Gasteiger partial charge in [0, 0.05) is 19.8 Å². The summed E-state index contributed by atoms with van der Waals surface area (Å²) in [5, 5.41) is -0.0144. The van der Waals surface area contributed by atoms with Gasteiger partial charge in [-0.25, -0.2) is 0 Å². The largest absolute Gasteiger partial charge is 0.508 e. The van der Waals surface area contributed by atoms with E-state index in [1.807, 2.05) is 39.8 Å².